The van der Waals surface area contributed by atoms with Gasteiger partial charge >= 0.3 is 0 Å². The fourth-order valence-electron chi connectivity index (χ4n) is 1.72. The van der Waals surface area contributed by atoms with Crippen LogP contribution in [0.25, 0.3) is 0 Å². The van der Waals surface area contributed by atoms with Gasteiger partial charge in [-0.05, 0) is 12.8 Å². The topological polar surface area (TPSA) is 105 Å². The first-order chi connectivity index (χ1) is 6.56. The van der Waals surface area contributed by atoms with Crippen LogP contribution in [0.4, 0.5) is 0 Å². The monoisotopic (exact) mass is 410 g/mol. The van der Waals surface area contributed by atoms with Crippen molar-refractivity contribution in [3.63, 3.8) is 0 Å². The van der Waals surface area contributed by atoms with Gasteiger partial charge in [0.15, 0.2) is 0 Å². The fraction of sp³-hybridized carbons (Fsp3) is 1.00. The van der Waals surface area contributed by atoms with Crippen molar-refractivity contribution in [2.75, 3.05) is 27.7 Å². The van der Waals surface area contributed by atoms with Crippen LogP contribution < -0.4 is 35.4 Å². The van der Waals surface area contributed by atoms with Gasteiger partial charge in [-0.1, -0.05) is 45.4 Å². The minimum atomic E-state index is 0. The molecule has 9 N–H and O–H groups in total. The van der Waals surface area contributed by atoms with Crippen LogP contribution in [0.3, 0.4) is 0 Å². The SMILES string of the molecule is Br.CCCCCCCCCC[N+](C)(C)C.N.N.N.[Br-]. The second kappa shape index (κ2) is 23.9. The number of unbranched alkanes of at least 4 members (excludes halogenated alkanes) is 7. The van der Waals surface area contributed by atoms with Crippen molar-refractivity contribution in [2.45, 2.75) is 58.3 Å². The highest BCUT2D eigenvalue weighted by atomic mass is 79.9. The van der Waals surface area contributed by atoms with Crippen molar-refractivity contribution in [1.82, 2.24) is 18.5 Å². The van der Waals surface area contributed by atoms with Gasteiger partial charge < -0.3 is 39.9 Å². The zero-order valence-corrected chi connectivity index (χ0v) is 17.0. The molecule has 0 bridgehead atoms. The van der Waals surface area contributed by atoms with Gasteiger partial charge in [-0.25, -0.2) is 0 Å². The highest BCUT2D eigenvalue weighted by Crippen LogP contribution is 2.09. The van der Waals surface area contributed by atoms with E-state index in [1.165, 1.54) is 57.9 Å². The van der Waals surface area contributed by atoms with E-state index in [0.29, 0.717) is 0 Å². The van der Waals surface area contributed by atoms with Crippen molar-refractivity contribution in [3.8, 4) is 0 Å². The number of quaternary nitrogens is 1. The lowest BCUT2D eigenvalue weighted by Gasteiger charge is -2.23. The van der Waals surface area contributed by atoms with Gasteiger partial charge in [0.1, 0.15) is 0 Å². The van der Waals surface area contributed by atoms with E-state index in [0.717, 1.165) is 4.48 Å². The Hall–Kier alpha value is 0.800. The number of nitrogens with zero attached hydrogens (tertiary/aromatic N) is 1. The fourth-order valence-corrected chi connectivity index (χ4v) is 1.72. The molecule has 0 aromatic rings. The Balaban J connectivity index is -0.0000000845. The molecule has 0 fully saturated rings. The van der Waals surface area contributed by atoms with E-state index in [2.05, 4.69) is 28.1 Å². The Kier molecular flexibility index (Phi) is 46.1. The molecule has 0 rings (SSSR count). The van der Waals surface area contributed by atoms with E-state index in [1.54, 1.807) is 0 Å². The summed E-state index contributed by atoms with van der Waals surface area (Å²) in [6, 6.07) is 0. The summed E-state index contributed by atoms with van der Waals surface area (Å²) in [5, 5.41) is 0. The molecule has 0 saturated carbocycles. The second-order valence-corrected chi connectivity index (χ2v) is 5.49. The maximum atomic E-state index is 2.28. The van der Waals surface area contributed by atoms with Crippen LogP contribution >= 0.6 is 17.0 Å². The van der Waals surface area contributed by atoms with Crippen LogP contribution in [-0.4, -0.2) is 32.2 Å². The van der Waals surface area contributed by atoms with E-state index in [1.807, 2.05) is 0 Å². The van der Waals surface area contributed by atoms with Crippen molar-refractivity contribution >= 4 is 17.0 Å². The second-order valence-electron chi connectivity index (χ2n) is 5.49. The molecule has 0 atom stereocenters. The Morgan fingerprint density at radius 1 is 0.632 bits per heavy atom. The summed E-state index contributed by atoms with van der Waals surface area (Å²) in [4.78, 5) is 0. The molecular formula is C13H40Br2N4. The first kappa shape index (κ1) is 36.7. The molecule has 0 heterocycles. The molecule has 0 aliphatic rings. The lowest BCUT2D eigenvalue weighted by atomic mass is 10.1. The Labute approximate surface area is 143 Å². The maximum Gasteiger partial charge on any atom is 0.0780 e. The lowest BCUT2D eigenvalue weighted by molar-refractivity contribution is -0.870. The van der Waals surface area contributed by atoms with Crippen LogP contribution in [0.5, 0.6) is 0 Å². The Morgan fingerprint density at radius 3 is 1.26 bits per heavy atom. The van der Waals surface area contributed by atoms with Gasteiger partial charge in [-0.2, -0.15) is 0 Å². The Bertz CT molecular complexity index is 130. The number of hydrogen-bond donors (Lipinski definition) is 3. The third kappa shape index (κ3) is 38.1. The zero-order chi connectivity index (χ0) is 10.9. The van der Waals surface area contributed by atoms with Gasteiger partial charge in [0.2, 0.25) is 0 Å². The number of rotatable bonds is 9. The molecule has 0 radical (unpaired) electrons. The highest BCUT2D eigenvalue weighted by molar-refractivity contribution is 8.93. The molecule has 0 aliphatic heterocycles. The van der Waals surface area contributed by atoms with Crippen LogP contribution in [0.15, 0.2) is 0 Å². The molecule has 19 heavy (non-hydrogen) atoms. The van der Waals surface area contributed by atoms with E-state index in [4.69, 9.17) is 0 Å². The summed E-state index contributed by atoms with van der Waals surface area (Å²) >= 11 is 0. The lowest BCUT2D eigenvalue weighted by Crippen LogP contribution is -3.00. The van der Waals surface area contributed by atoms with Crippen LogP contribution in [0, 0.1) is 0 Å². The molecule has 0 unspecified atom stereocenters. The maximum absolute atomic E-state index is 2.28. The van der Waals surface area contributed by atoms with Crippen molar-refractivity contribution in [2.24, 2.45) is 0 Å². The molecular weight excluding hydrogens is 372 g/mol. The Morgan fingerprint density at radius 2 is 0.947 bits per heavy atom. The molecule has 0 amide bonds. The largest absolute Gasteiger partial charge is 1.00 e. The quantitative estimate of drug-likeness (QED) is 0.398. The molecule has 126 valence electrons. The summed E-state index contributed by atoms with van der Waals surface area (Å²) in [6.45, 7) is 3.61. The van der Waals surface area contributed by atoms with Crippen LogP contribution in [-0.2, 0) is 0 Å². The molecule has 0 aliphatic carbocycles. The summed E-state index contributed by atoms with van der Waals surface area (Å²) in [5.74, 6) is 0. The predicted octanol–water partition coefficient (Wildman–Crippen LogP) is 1.90. The van der Waals surface area contributed by atoms with Gasteiger partial charge in [0.05, 0.1) is 27.7 Å². The van der Waals surface area contributed by atoms with Crippen molar-refractivity contribution in [1.29, 1.82) is 0 Å². The minimum absolute atomic E-state index is 0. The van der Waals surface area contributed by atoms with Gasteiger partial charge in [-0.3, -0.25) is 0 Å². The molecule has 4 nitrogen and oxygen atoms in total. The minimum Gasteiger partial charge on any atom is -1.00 e. The standard InChI is InChI=1S/C13H30N.2BrH.3H3N/c1-5-6-7-8-9-10-11-12-13-14(2,3)4;;;;;/h5-13H2,1-4H3;2*1H;3*1H3/q+1;;;;;/p-1. The number of halogens is 2. The van der Waals surface area contributed by atoms with Crippen LogP contribution in [0.1, 0.15) is 58.3 Å². The third-order valence-electron chi connectivity index (χ3n) is 2.68. The first-order valence-corrected chi connectivity index (χ1v) is 6.36. The summed E-state index contributed by atoms with van der Waals surface area (Å²) in [7, 11) is 6.84. The molecule has 0 saturated heterocycles. The van der Waals surface area contributed by atoms with Crippen molar-refractivity contribution in [3.05, 3.63) is 0 Å². The summed E-state index contributed by atoms with van der Waals surface area (Å²) < 4.78 is 1.12. The first-order valence-electron chi connectivity index (χ1n) is 6.36. The molecule has 0 aromatic carbocycles. The smallest absolute Gasteiger partial charge is 0.0780 e. The highest BCUT2D eigenvalue weighted by Gasteiger charge is 2.04. The summed E-state index contributed by atoms with van der Waals surface area (Å²) in [5.41, 5.74) is 0. The normalized spacial score (nSPS) is 8.84. The van der Waals surface area contributed by atoms with Crippen LogP contribution in [0.2, 0.25) is 0 Å². The van der Waals surface area contributed by atoms with E-state index in [-0.39, 0.29) is 52.4 Å². The van der Waals surface area contributed by atoms with Gasteiger partial charge in [-0.15, -0.1) is 17.0 Å². The van der Waals surface area contributed by atoms with E-state index in [9.17, 15) is 0 Å². The summed E-state index contributed by atoms with van der Waals surface area (Å²) in [6.07, 6.45) is 11.4. The third-order valence-corrected chi connectivity index (χ3v) is 2.68. The average Bonchev–Trinajstić information content (AvgIpc) is 2.08. The zero-order valence-electron chi connectivity index (χ0n) is 13.7. The average molecular weight is 412 g/mol. The molecule has 0 spiro atoms. The molecule has 6 heteroatoms. The molecule has 0 aromatic heterocycles. The number of hydrogen-bond acceptors (Lipinski definition) is 3. The van der Waals surface area contributed by atoms with E-state index < -0.39 is 0 Å². The van der Waals surface area contributed by atoms with E-state index >= 15 is 0 Å². The van der Waals surface area contributed by atoms with Gasteiger partial charge in [0.25, 0.3) is 0 Å². The van der Waals surface area contributed by atoms with Gasteiger partial charge in [0, 0.05) is 0 Å². The van der Waals surface area contributed by atoms with Crippen molar-refractivity contribution < 1.29 is 21.5 Å². The predicted molar refractivity (Wildman–Crippen MR) is 90.9 cm³/mol.